The van der Waals surface area contributed by atoms with Crippen LogP contribution in [0, 0.1) is 12.7 Å². The highest BCUT2D eigenvalue weighted by Crippen LogP contribution is 2.30. The van der Waals surface area contributed by atoms with E-state index in [1.165, 1.54) is 29.7 Å². The predicted molar refractivity (Wildman–Crippen MR) is 128 cm³/mol. The number of aryl methyl sites for hydroxylation is 1. The Morgan fingerprint density at radius 2 is 1.88 bits per heavy atom. The number of nitrogens with one attached hydrogen (secondary N) is 2. The average molecular weight is 475 g/mol. The lowest BCUT2D eigenvalue weighted by molar-refractivity contribution is 0.0953. The number of halogens is 1. The molecule has 3 aromatic heterocycles. The maximum atomic E-state index is 13.3. The number of thiophene rings is 1. The first-order valence-corrected chi connectivity index (χ1v) is 11.3. The molecule has 2 aromatic carbocycles. The lowest BCUT2D eigenvalue weighted by atomic mass is 10.2. The Balaban J connectivity index is 1.29. The van der Waals surface area contributed by atoms with E-state index in [2.05, 4.69) is 15.7 Å². The number of nitrogens with zero attached hydrogens (tertiary/aromatic N) is 2. The van der Waals surface area contributed by atoms with Gasteiger partial charge < -0.3 is 15.1 Å². The number of furan rings is 1. The van der Waals surface area contributed by atoms with Crippen molar-refractivity contribution in [2.45, 2.75) is 13.5 Å². The number of carbonyl (C=O) groups is 2. The van der Waals surface area contributed by atoms with Crippen molar-refractivity contribution in [3.05, 3.63) is 101 Å². The molecule has 9 heteroatoms. The second-order valence-electron chi connectivity index (χ2n) is 7.62. The van der Waals surface area contributed by atoms with E-state index >= 15 is 0 Å². The number of fused-ring (bicyclic) bond motifs is 1. The summed E-state index contributed by atoms with van der Waals surface area (Å²) in [6, 6.07) is 18.3. The van der Waals surface area contributed by atoms with Crippen LogP contribution in [0.3, 0.4) is 0 Å². The van der Waals surface area contributed by atoms with Gasteiger partial charge in [-0.2, -0.15) is 5.10 Å². The molecule has 0 bridgehead atoms. The van der Waals surface area contributed by atoms with Crippen molar-refractivity contribution < 1.29 is 18.4 Å². The van der Waals surface area contributed by atoms with E-state index in [1.807, 2.05) is 19.1 Å². The van der Waals surface area contributed by atoms with Crippen LogP contribution in [0.2, 0.25) is 0 Å². The fourth-order valence-corrected chi connectivity index (χ4v) is 4.64. The van der Waals surface area contributed by atoms with Crippen molar-refractivity contribution in [3.8, 4) is 5.69 Å². The van der Waals surface area contributed by atoms with Gasteiger partial charge in [-0.15, -0.1) is 11.3 Å². The van der Waals surface area contributed by atoms with E-state index in [4.69, 9.17) is 4.42 Å². The molecular weight excluding hydrogens is 455 g/mol. The quantitative estimate of drug-likeness (QED) is 0.349. The first kappa shape index (κ1) is 21.6. The molecule has 34 heavy (non-hydrogen) atoms. The summed E-state index contributed by atoms with van der Waals surface area (Å²) in [4.78, 5) is 26.4. The Bertz CT molecular complexity index is 1490. The summed E-state index contributed by atoms with van der Waals surface area (Å²) in [7, 11) is 0. The fraction of sp³-hybridized carbons (Fsp3) is 0.0800. The smallest absolute Gasteiger partial charge is 0.291 e. The molecule has 0 saturated carbocycles. The first-order valence-electron chi connectivity index (χ1n) is 10.4. The minimum Gasteiger partial charge on any atom is -0.459 e. The second-order valence-corrected chi connectivity index (χ2v) is 8.65. The monoisotopic (exact) mass is 474 g/mol. The molecule has 0 aliphatic rings. The number of aromatic nitrogens is 2. The number of hydrogen-bond acceptors (Lipinski definition) is 5. The Morgan fingerprint density at radius 3 is 2.65 bits per heavy atom. The minimum atomic E-state index is -0.345. The molecule has 0 radical (unpaired) electrons. The summed E-state index contributed by atoms with van der Waals surface area (Å²) >= 11 is 1.32. The SMILES string of the molecule is Cc1nn(-c2ccc(F)cc2)c2sc(C(=O)NCc3cccc(NC(=O)c4ccco4)c3)cc12. The van der Waals surface area contributed by atoms with Gasteiger partial charge >= 0.3 is 0 Å². The number of rotatable bonds is 6. The molecular formula is C25H19FN4O3S. The summed E-state index contributed by atoms with van der Waals surface area (Å²) in [6.45, 7) is 2.17. The number of carbonyl (C=O) groups excluding carboxylic acids is 2. The third kappa shape index (κ3) is 4.33. The molecule has 5 aromatic rings. The molecule has 2 N–H and O–H groups in total. The zero-order valence-corrected chi connectivity index (χ0v) is 18.9. The summed E-state index contributed by atoms with van der Waals surface area (Å²) in [6.07, 6.45) is 1.44. The molecule has 0 aliphatic heterocycles. The van der Waals surface area contributed by atoms with Crippen molar-refractivity contribution >= 4 is 39.1 Å². The Morgan fingerprint density at radius 1 is 1.06 bits per heavy atom. The van der Waals surface area contributed by atoms with Crippen molar-refractivity contribution in [2.24, 2.45) is 0 Å². The van der Waals surface area contributed by atoms with E-state index in [-0.39, 0.29) is 23.4 Å². The Hall–Kier alpha value is -4.24. The normalized spacial score (nSPS) is 11.0. The number of amides is 2. The van der Waals surface area contributed by atoms with E-state index < -0.39 is 0 Å². The van der Waals surface area contributed by atoms with Gasteiger partial charge in [-0.3, -0.25) is 9.59 Å². The molecule has 0 unspecified atom stereocenters. The van der Waals surface area contributed by atoms with Crippen LogP contribution in [0.5, 0.6) is 0 Å². The largest absolute Gasteiger partial charge is 0.459 e. The van der Waals surface area contributed by atoms with Crippen LogP contribution < -0.4 is 10.6 Å². The fourth-order valence-electron chi connectivity index (χ4n) is 3.55. The van der Waals surface area contributed by atoms with Gasteiger partial charge in [0.2, 0.25) is 0 Å². The molecule has 3 heterocycles. The number of benzene rings is 2. The predicted octanol–water partition coefficient (Wildman–Crippen LogP) is 5.31. The van der Waals surface area contributed by atoms with Crippen LogP contribution >= 0.6 is 11.3 Å². The van der Waals surface area contributed by atoms with E-state index in [9.17, 15) is 14.0 Å². The van der Waals surface area contributed by atoms with Gasteiger partial charge in [0, 0.05) is 17.6 Å². The van der Waals surface area contributed by atoms with Gasteiger partial charge in [0.1, 0.15) is 10.6 Å². The summed E-state index contributed by atoms with van der Waals surface area (Å²) < 4.78 is 20.1. The van der Waals surface area contributed by atoms with Crippen LogP contribution in [-0.2, 0) is 6.54 Å². The molecule has 0 atom stereocenters. The lowest BCUT2D eigenvalue weighted by Crippen LogP contribution is -2.22. The van der Waals surface area contributed by atoms with Crippen LogP contribution in [0.4, 0.5) is 10.1 Å². The molecule has 5 rings (SSSR count). The topological polar surface area (TPSA) is 89.2 Å². The molecule has 2 amide bonds. The van der Waals surface area contributed by atoms with Gasteiger partial charge in [-0.05, 0) is 67.1 Å². The first-order chi connectivity index (χ1) is 16.5. The van der Waals surface area contributed by atoms with Gasteiger partial charge in [0.05, 0.1) is 22.5 Å². The van der Waals surface area contributed by atoms with Gasteiger partial charge in [-0.1, -0.05) is 12.1 Å². The van der Waals surface area contributed by atoms with Crippen LogP contribution in [0.15, 0.2) is 77.4 Å². The highest BCUT2D eigenvalue weighted by Gasteiger charge is 2.17. The highest BCUT2D eigenvalue weighted by molar-refractivity contribution is 7.20. The average Bonchev–Trinajstić information content (AvgIpc) is 3.57. The molecule has 0 aliphatic carbocycles. The van der Waals surface area contributed by atoms with Crippen molar-refractivity contribution in [1.29, 1.82) is 0 Å². The number of anilines is 1. The van der Waals surface area contributed by atoms with Gasteiger partial charge in [0.15, 0.2) is 5.76 Å². The zero-order chi connectivity index (χ0) is 23.7. The Kier molecular flexibility index (Phi) is 5.69. The van der Waals surface area contributed by atoms with Crippen molar-refractivity contribution in [3.63, 3.8) is 0 Å². The van der Waals surface area contributed by atoms with E-state index in [0.29, 0.717) is 17.1 Å². The molecule has 7 nitrogen and oxygen atoms in total. The summed E-state index contributed by atoms with van der Waals surface area (Å²) in [5.74, 6) is -0.656. The summed E-state index contributed by atoms with van der Waals surface area (Å²) in [5.41, 5.74) is 2.95. The maximum absolute atomic E-state index is 13.3. The summed E-state index contributed by atoms with van der Waals surface area (Å²) in [5, 5.41) is 11.1. The van der Waals surface area contributed by atoms with Crippen LogP contribution in [-0.4, -0.2) is 21.6 Å². The van der Waals surface area contributed by atoms with Crippen molar-refractivity contribution in [2.75, 3.05) is 5.32 Å². The minimum absolute atomic E-state index is 0.212. The standard InChI is InChI=1S/C25H19FN4O3S/c1-15-20-13-22(34-25(20)30(29-15)19-9-7-17(26)8-10-19)24(32)27-14-16-4-2-5-18(12-16)28-23(31)21-6-3-11-33-21/h2-13H,14H2,1H3,(H,27,32)(H,28,31). The third-order valence-electron chi connectivity index (χ3n) is 5.22. The Labute approximate surface area is 197 Å². The molecule has 170 valence electrons. The third-order valence-corrected chi connectivity index (χ3v) is 6.33. The lowest BCUT2D eigenvalue weighted by Gasteiger charge is -2.07. The molecule has 0 fully saturated rings. The molecule has 0 saturated heterocycles. The van der Waals surface area contributed by atoms with E-state index in [0.717, 1.165) is 27.2 Å². The van der Waals surface area contributed by atoms with Crippen molar-refractivity contribution in [1.82, 2.24) is 15.1 Å². The number of hydrogen-bond donors (Lipinski definition) is 2. The highest BCUT2D eigenvalue weighted by atomic mass is 32.1. The molecule has 0 spiro atoms. The van der Waals surface area contributed by atoms with Gasteiger partial charge in [0.25, 0.3) is 11.8 Å². The second kappa shape index (κ2) is 8.95. The van der Waals surface area contributed by atoms with Crippen LogP contribution in [0.1, 0.15) is 31.5 Å². The zero-order valence-electron chi connectivity index (χ0n) is 18.0. The van der Waals surface area contributed by atoms with Crippen LogP contribution in [0.25, 0.3) is 15.9 Å². The maximum Gasteiger partial charge on any atom is 0.291 e. The van der Waals surface area contributed by atoms with E-state index in [1.54, 1.807) is 47.1 Å². The van der Waals surface area contributed by atoms with Gasteiger partial charge in [-0.25, -0.2) is 9.07 Å².